The van der Waals surface area contributed by atoms with Crippen LogP contribution >= 0.6 is 0 Å². The molecule has 9 heteroatoms. The molecule has 0 bridgehead atoms. The molecule has 1 N–H and O–H groups in total. The van der Waals surface area contributed by atoms with Crippen LogP contribution in [0, 0.1) is 0 Å². The largest absolute Gasteiger partial charge is 0.495 e. The molecule has 0 saturated carbocycles. The second kappa shape index (κ2) is 8.52. The Morgan fingerprint density at radius 3 is 2.55 bits per heavy atom. The lowest BCUT2D eigenvalue weighted by Gasteiger charge is -2.24. The summed E-state index contributed by atoms with van der Waals surface area (Å²) in [6.07, 6.45) is 4.44. The summed E-state index contributed by atoms with van der Waals surface area (Å²) in [7, 11) is -1.70. The standard InChI is InChI=1S/C20H22N2O6S/c1-27-19-11-15(14-7-9-22(10-8-14)20(23)24)12-21-18(19)13-28-16-3-5-17(6-4-16)29(2,25)26/h3-7,11-12H,8-10,13H2,1-2H3,(H,23,24). The number of benzene rings is 1. The molecule has 8 nitrogen and oxygen atoms in total. The lowest BCUT2D eigenvalue weighted by molar-refractivity contribution is 0.150. The van der Waals surface area contributed by atoms with Gasteiger partial charge in [-0.1, -0.05) is 6.08 Å². The van der Waals surface area contributed by atoms with Crippen LogP contribution in [0.2, 0.25) is 0 Å². The number of aromatic nitrogens is 1. The summed E-state index contributed by atoms with van der Waals surface area (Å²) in [4.78, 5) is 17.0. The van der Waals surface area contributed by atoms with Gasteiger partial charge >= 0.3 is 6.09 Å². The zero-order valence-corrected chi connectivity index (χ0v) is 17.0. The minimum Gasteiger partial charge on any atom is -0.495 e. The number of hydrogen-bond acceptors (Lipinski definition) is 6. The maximum atomic E-state index is 11.5. The van der Waals surface area contributed by atoms with E-state index >= 15 is 0 Å². The lowest BCUT2D eigenvalue weighted by atomic mass is 10.0. The third-order valence-electron chi connectivity index (χ3n) is 4.63. The quantitative estimate of drug-likeness (QED) is 0.769. The van der Waals surface area contributed by atoms with E-state index < -0.39 is 15.9 Å². The van der Waals surface area contributed by atoms with Gasteiger partial charge in [-0.2, -0.15) is 0 Å². The zero-order chi connectivity index (χ0) is 21.0. The highest BCUT2D eigenvalue weighted by atomic mass is 32.2. The summed E-state index contributed by atoms with van der Waals surface area (Å²) in [6, 6.07) is 8.04. The highest BCUT2D eigenvalue weighted by molar-refractivity contribution is 7.90. The van der Waals surface area contributed by atoms with Crippen LogP contribution in [-0.2, 0) is 16.4 Å². The van der Waals surface area contributed by atoms with Crippen molar-refractivity contribution < 1.29 is 27.8 Å². The number of nitrogens with zero attached hydrogens (tertiary/aromatic N) is 2. The maximum absolute atomic E-state index is 11.5. The topological polar surface area (TPSA) is 106 Å². The Bertz CT molecular complexity index is 1030. The molecule has 154 valence electrons. The van der Waals surface area contributed by atoms with Gasteiger partial charge in [-0.05, 0) is 47.9 Å². The Balaban J connectivity index is 1.70. The van der Waals surface area contributed by atoms with Crippen LogP contribution in [0.15, 0.2) is 47.5 Å². The van der Waals surface area contributed by atoms with E-state index in [0.717, 1.165) is 17.4 Å². The van der Waals surface area contributed by atoms with Crippen molar-refractivity contribution in [2.45, 2.75) is 17.9 Å². The number of hydrogen-bond donors (Lipinski definition) is 1. The summed E-state index contributed by atoms with van der Waals surface area (Å²) >= 11 is 0. The third kappa shape index (κ3) is 5.05. The minimum absolute atomic E-state index is 0.160. The van der Waals surface area contributed by atoms with Crippen LogP contribution in [0.3, 0.4) is 0 Å². The number of ether oxygens (including phenoxy) is 2. The molecular formula is C20H22N2O6S. The van der Waals surface area contributed by atoms with Crippen molar-refractivity contribution in [3.8, 4) is 11.5 Å². The van der Waals surface area contributed by atoms with E-state index in [2.05, 4.69) is 4.98 Å². The van der Waals surface area contributed by atoms with Gasteiger partial charge in [0, 0.05) is 25.5 Å². The van der Waals surface area contributed by atoms with Crippen molar-refractivity contribution in [3.05, 3.63) is 53.9 Å². The second-order valence-electron chi connectivity index (χ2n) is 6.61. The molecule has 1 aliphatic rings. The Kier molecular flexibility index (Phi) is 6.07. The van der Waals surface area contributed by atoms with Gasteiger partial charge in [0.15, 0.2) is 9.84 Å². The van der Waals surface area contributed by atoms with Crippen molar-refractivity contribution in [2.24, 2.45) is 0 Å². The van der Waals surface area contributed by atoms with Crippen molar-refractivity contribution in [2.75, 3.05) is 26.5 Å². The van der Waals surface area contributed by atoms with E-state index in [-0.39, 0.29) is 11.5 Å². The van der Waals surface area contributed by atoms with Gasteiger partial charge in [0.1, 0.15) is 23.8 Å². The molecule has 3 rings (SSSR count). The van der Waals surface area contributed by atoms with E-state index in [9.17, 15) is 13.2 Å². The monoisotopic (exact) mass is 418 g/mol. The first kappa shape index (κ1) is 20.7. The Labute approximate surface area is 169 Å². The molecule has 2 heterocycles. The molecular weight excluding hydrogens is 396 g/mol. The molecule has 1 aliphatic heterocycles. The van der Waals surface area contributed by atoms with Crippen LogP contribution in [-0.4, -0.2) is 56.0 Å². The van der Waals surface area contributed by atoms with Gasteiger partial charge < -0.3 is 19.5 Å². The van der Waals surface area contributed by atoms with E-state index in [0.29, 0.717) is 36.7 Å². The molecule has 29 heavy (non-hydrogen) atoms. The first-order valence-corrected chi connectivity index (χ1v) is 10.8. The first-order chi connectivity index (χ1) is 13.8. The van der Waals surface area contributed by atoms with Gasteiger partial charge in [0.25, 0.3) is 0 Å². The Morgan fingerprint density at radius 2 is 2.00 bits per heavy atom. The van der Waals surface area contributed by atoms with Gasteiger partial charge in [-0.15, -0.1) is 0 Å². The summed E-state index contributed by atoms with van der Waals surface area (Å²) in [5, 5.41) is 9.04. The van der Waals surface area contributed by atoms with E-state index in [1.165, 1.54) is 17.0 Å². The molecule has 1 aromatic heterocycles. The van der Waals surface area contributed by atoms with Crippen LogP contribution < -0.4 is 9.47 Å². The lowest BCUT2D eigenvalue weighted by Crippen LogP contribution is -2.33. The molecule has 0 radical (unpaired) electrons. The van der Waals surface area contributed by atoms with Crippen molar-refractivity contribution in [1.82, 2.24) is 9.88 Å². The average molecular weight is 418 g/mol. The smallest absolute Gasteiger partial charge is 0.407 e. The molecule has 2 aromatic rings. The number of carbonyl (C=O) groups is 1. The SMILES string of the molecule is COc1cc(C2=CCN(C(=O)O)CC2)cnc1COc1ccc(S(C)(=O)=O)cc1. The van der Waals surface area contributed by atoms with Crippen molar-refractivity contribution in [3.63, 3.8) is 0 Å². The number of carboxylic acid groups (broad SMARTS) is 1. The van der Waals surface area contributed by atoms with Gasteiger partial charge in [-0.25, -0.2) is 13.2 Å². The molecule has 1 aromatic carbocycles. The highest BCUT2D eigenvalue weighted by Gasteiger charge is 2.18. The van der Waals surface area contributed by atoms with E-state index in [4.69, 9.17) is 14.6 Å². The van der Waals surface area contributed by atoms with E-state index in [1.807, 2.05) is 12.1 Å². The Hall–Kier alpha value is -3.07. The van der Waals surface area contributed by atoms with Crippen LogP contribution in [0.25, 0.3) is 5.57 Å². The highest BCUT2D eigenvalue weighted by Crippen LogP contribution is 2.27. The fraction of sp³-hybridized carbons (Fsp3) is 0.300. The van der Waals surface area contributed by atoms with Crippen LogP contribution in [0.1, 0.15) is 17.7 Å². The molecule has 0 fully saturated rings. The second-order valence-corrected chi connectivity index (χ2v) is 8.63. The normalized spacial score (nSPS) is 14.3. The van der Waals surface area contributed by atoms with Crippen LogP contribution in [0.4, 0.5) is 4.79 Å². The van der Waals surface area contributed by atoms with Crippen molar-refractivity contribution in [1.29, 1.82) is 0 Å². The third-order valence-corrected chi connectivity index (χ3v) is 5.76. The van der Waals surface area contributed by atoms with E-state index in [1.54, 1.807) is 25.4 Å². The molecule has 0 spiro atoms. The number of pyridine rings is 1. The fourth-order valence-electron chi connectivity index (χ4n) is 2.97. The van der Waals surface area contributed by atoms with Gasteiger partial charge in [0.2, 0.25) is 0 Å². The van der Waals surface area contributed by atoms with Gasteiger partial charge in [0.05, 0.1) is 12.0 Å². The molecule has 0 saturated heterocycles. The van der Waals surface area contributed by atoms with Crippen molar-refractivity contribution >= 4 is 21.5 Å². The summed E-state index contributed by atoms with van der Waals surface area (Å²) in [5.41, 5.74) is 2.51. The number of rotatable bonds is 6. The van der Waals surface area contributed by atoms with Crippen LogP contribution in [0.5, 0.6) is 11.5 Å². The first-order valence-electron chi connectivity index (χ1n) is 8.91. The molecule has 1 amide bonds. The average Bonchev–Trinajstić information content (AvgIpc) is 2.72. The molecule has 0 aliphatic carbocycles. The Morgan fingerprint density at radius 1 is 1.28 bits per heavy atom. The number of sulfone groups is 1. The zero-order valence-electron chi connectivity index (χ0n) is 16.2. The predicted molar refractivity (Wildman–Crippen MR) is 107 cm³/mol. The number of methoxy groups -OCH3 is 1. The number of amides is 1. The summed E-state index contributed by atoms with van der Waals surface area (Å²) < 4.78 is 34.2. The molecule has 0 unspecified atom stereocenters. The summed E-state index contributed by atoms with van der Waals surface area (Å²) in [6.45, 7) is 0.951. The summed E-state index contributed by atoms with van der Waals surface area (Å²) in [5.74, 6) is 1.09. The maximum Gasteiger partial charge on any atom is 0.407 e. The van der Waals surface area contributed by atoms with Gasteiger partial charge in [-0.3, -0.25) is 4.98 Å². The minimum atomic E-state index is -3.25. The predicted octanol–water partition coefficient (Wildman–Crippen LogP) is 2.84. The fourth-order valence-corrected chi connectivity index (χ4v) is 3.60. The molecule has 0 atom stereocenters.